The Balaban J connectivity index is 0.00000161. The minimum Gasteiger partial charge on any atom is -0.341 e. The van der Waals surface area contributed by atoms with Crippen LogP contribution in [0.5, 0.6) is 0 Å². The average Bonchev–Trinajstić information content (AvgIpc) is 2.45. The van der Waals surface area contributed by atoms with Crippen molar-refractivity contribution in [3.63, 3.8) is 0 Å². The van der Waals surface area contributed by atoms with Gasteiger partial charge in [0.2, 0.25) is 5.91 Å². The molecule has 1 aromatic carbocycles. The number of amides is 1. The van der Waals surface area contributed by atoms with E-state index in [2.05, 4.69) is 48.3 Å². The maximum atomic E-state index is 12.7. The molecule has 1 amide bonds. The molecule has 0 spiro atoms. The molecule has 0 saturated carbocycles. The lowest BCUT2D eigenvalue weighted by Gasteiger charge is -2.38. The lowest BCUT2D eigenvalue weighted by atomic mass is 9.90. The molecule has 2 aliphatic rings. The summed E-state index contributed by atoms with van der Waals surface area (Å²) in [6, 6.07) is 8.39. The first-order chi connectivity index (χ1) is 9.63. The first kappa shape index (κ1) is 16.3. The molecule has 2 heterocycles. The van der Waals surface area contributed by atoms with Crippen molar-refractivity contribution in [2.75, 3.05) is 13.1 Å². The first-order valence-corrected chi connectivity index (χ1v) is 7.72. The first-order valence-electron chi connectivity index (χ1n) is 7.72. The highest BCUT2D eigenvalue weighted by molar-refractivity contribution is 5.85. The Labute approximate surface area is 133 Å². The summed E-state index contributed by atoms with van der Waals surface area (Å²) in [7, 11) is 0. The number of nitrogens with one attached hydrogen (secondary N) is 1. The second kappa shape index (κ2) is 6.80. The molecule has 0 aliphatic carbocycles. The monoisotopic (exact) mass is 308 g/mol. The van der Waals surface area contributed by atoms with Crippen LogP contribution in [0.1, 0.15) is 31.4 Å². The van der Waals surface area contributed by atoms with Crippen LogP contribution in [0.3, 0.4) is 0 Å². The van der Waals surface area contributed by atoms with Gasteiger partial charge in [0, 0.05) is 19.6 Å². The zero-order valence-corrected chi connectivity index (χ0v) is 13.7. The number of hydrogen-bond acceptors (Lipinski definition) is 2. The Bertz CT molecular complexity index is 495. The average molecular weight is 309 g/mol. The molecule has 3 atom stereocenters. The normalized spacial score (nSPS) is 28.5. The predicted octanol–water partition coefficient (Wildman–Crippen LogP) is 2.63. The number of hydrogen-bond donors (Lipinski definition) is 1. The maximum Gasteiger partial charge on any atom is 0.240 e. The van der Waals surface area contributed by atoms with Crippen molar-refractivity contribution in [3.05, 3.63) is 35.4 Å². The van der Waals surface area contributed by atoms with E-state index >= 15 is 0 Å². The highest BCUT2D eigenvalue weighted by atomic mass is 35.5. The van der Waals surface area contributed by atoms with Crippen molar-refractivity contribution in [2.45, 2.75) is 39.3 Å². The Hall–Kier alpha value is -1.06. The number of likely N-dealkylation sites (tertiary alicyclic amines) is 1. The van der Waals surface area contributed by atoms with Gasteiger partial charge in [-0.15, -0.1) is 12.4 Å². The van der Waals surface area contributed by atoms with E-state index < -0.39 is 0 Å². The number of benzene rings is 1. The molecule has 21 heavy (non-hydrogen) atoms. The van der Waals surface area contributed by atoms with E-state index in [4.69, 9.17) is 0 Å². The van der Waals surface area contributed by atoms with E-state index in [9.17, 15) is 4.79 Å². The number of fused-ring (bicyclic) bond motifs is 1. The molecule has 2 aliphatic heterocycles. The summed E-state index contributed by atoms with van der Waals surface area (Å²) in [5.74, 6) is 1.54. The summed E-state index contributed by atoms with van der Waals surface area (Å²) in [6.07, 6.45) is 2.07. The van der Waals surface area contributed by atoms with Crippen LogP contribution in [-0.2, 0) is 17.8 Å². The van der Waals surface area contributed by atoms with Crippen molar-refractivity contribution >= 4 is 18.3 Å². The van der Waals surface area contributed by atoms with Gasteiger partial charge in [-0.1, -0.05) is 38.1 Å². The third-order valence-electron chi connectivity index (χ3n) is 4.56. The fraction of sp³-hybridized carbons (Fsp3) is 0.588. The van der Waals surface area contributed by atoms with Gasteiger partial charge in [0.1, 0.15) is 0 Å². The topological polar surface area (TPSA) is 32.3 Å². The number of carbonyl (C=O) groups is 1. The van der Waals surface area contributed by atoms with Crippen molar-refractivity contribution in [3.8, 4) is 0 Å². The van der Waals surface area contributed by atoms with Crippen molar-refractivity contribution in [1.82, 2.24) is 10.2 Å². The molecule has 4 heteroatoms. The number of nitrogens with zero attached hydrogens (tertiary/aromatic N) is 1. The molecule has 0 radical (unpaired) electrons. The van der Waals surface area contributed by atoms with Crippen LogP contribution in [-0.4, -0.2) is 29.9 Å². The Morgan fingerprint density at radius 2 is 1.76 bits per heavy atom. The van der Waals surface area contributed by atoms with Gasteiger partial charge in [-0.05, 0) is 35.8 Å². The standard InChI is InChI=1S/C17H24N2O.ClH/c1-12-7-13(2)11-19(10-12)17(20)16-8-14-5-3-4-6-15(14)9-18-16;/h3-6,12-13,16,18H,7-11H2,1-2H3;1H. The molecule has 1 aromatic rings. The zero-order chi connectivity index (χ0) is 14.1. The number of rotatable bonds is 1. The fourth-order valence-electron chi connectivity index (χ4n) is 3.69. The largest absolute Gasteiger partial charge is 0.341 e. The van der Waals surface area contributed by atoms with E-state index in [1.165, 1.54) is 17.5 Å². The van der Waals surface area contributed by atoms with E-state index in [1.54, 1.807) is 0 Å². The molecule has 1 saturated heterocycles. The quantitative estimate of drug-likeness (QED) is 0.865. The second-order valence-electron chi connectivity index (χ2n) is 6.60. The van der Waals surface area contributed by atoms with Crippen molar-refractivity contribution in [1.29, 1.82) is 0 Å². The lowest BCUT2D eigenvalue weighted by molar-refractivity contribution is -0.136. The maximum absolute atomic E-state index is 12.7. The van der Waals surface area contributed by atoms with Gasteiger partial charge in [0.15, 0.2) is 0 Å². The smallest absolute Gasteiger partial charge is 0.240 e. The Kier molecular flexibility index (Phi) is 5.28. The van der Waals surface area contributed by atoms with Crippen LogP contribution >= 0.6 is 12.4 Å². The molecule has 116 valence electrons. The van der Waals surface area contributed by atoms with Gasteiger partial charge in [0.05, 0.1) is 6.04 Å². The van der Waals surface area contributed by atoms with Crippen molar-refractivity contribution < 1.29 is 4.79 Å². The van der Waals surface area contributed by atoms with Gasteiger partial charge in [-0.2, -0.15) is 0 Å². The molecule has 1 N–H and O–H groups in total. The molecule has 3 nitrogen and oxygen atoms in total. The molecule has 1 fully saturated rings. The van der Waals surface area contributed by atoms with Crippen LogP contribution < -0.4 is 5.32 Å². The molecule has 0 aromatic heterocycles. The lowest BCUT2D eigenvalue weighted by Crippen LogP contribution is -2.53. The molecule has 0 bridgehead atoms. The van der Waals surface area contributed by atoms with Crippen LogP contribution in [0.15, 0.2) is 24.3 Å². The van der Waals surface area contributed by atoms with Gasteiger partial charge >= 0.3 is 0 Å². The van der Waals surface area contributed by atoms with Crippen molar-refractivity contribution in [2.24, 2.45) is 11.8 Å². The summed E-state index contributed by atoms with van der Waals surface area (Å²) >= 11 is 0. The van der Waals surface area contributed by atoms with Crippen LogP contribution in [0.2, 0.25) is 0 Å². The fourth-order valence-corrected chi connectivity index (χ4v) is 3.69. The minimum absolute atomic E-state index is 0. The van der Waals surface area contributed by atoms with Crippen LogP contribution in [0.25, 0.3) is 0 Å². The van der Waals surface area contributed by atoms with Crippen LogP contribution in [0.4, 0.5) is 0 Å². The molecule has 3 rings (SSSR count). The zero-order valence-electron chi connectivity index (χ0n) is 12.8. The molecule has 3 unspecified atom stereocenters. The Morgan fingerprint density at radius 1 is 1.14 bits per heavy atom. The van der Waals surface area contributed by atoms with Gasteiger partial charge in [-0.25, -0.2) is 0 Å². The summed E-state index contributed by atoms with van der Waals surface area (Å²) in [6.45, 7) is 7.15. The van der Waals surface area contributed by atoms with Gasteiger partial charge < -0.3 is 10.2 Å². The van der Waals surface area contributed by atoms with E-state index in [-0.39, 0.29) is 24.4 Å². The highest BCUT2D eigenvalue weighted by Gasteiger charge is 2.31. The third kappa shape index (κ3) is 3.58. The van der Waals surface area contributed by atoms with Gasteiger partial charge in [0.25, 0.3) is 0 Å². The SMILES string of the molecule is CC1CC(C)CN(C(=O)C2Cc3ccccc3CN2)C1.Cl. The predicted molar refractivity (Wildman–Crippen MR) is 87.5 cm³/mol. The van der Waals surface area contributed by atoms with E-state index in [0.29, 0.717) is 11.8 Å². The minimum atomic E-state index is -0.0394. The third-order valence-corrected chi connectivity index (χ3v) is 4.56. The van der Waals surface area contributed by atoms with Gasteiger partial charge in [-0.3, -0.25) is 4.79 Å². The molecular formula is C17H25ClN2O. The summed E-state index contributed by atoms with van der Waals surface area (Å²) in [5, 5.41) is 3.41. The van der Waals surface area contributed by atoms with Crippen LogP contribution in [0, 0.1) is 11.8 Å². The second-order valence-corrected chi connectivity index (χ2v) is 6.60. The highest BCUT2D eigenvalue weighted by Crippen LogP contribution is 2.23. The number of carbonyl (C=O) groups excluding carboxylic acids is 1. The Morgan fingerprint density at radius 3 is 2.43 bits per heavy atom. The summed E-state index contributed by atoms with van der Waals surface area (Å²) in [5.41, 5.74) is 2.65. The van der Waals surface area contributed by atoms with E-state index in [0.717, 1.165) is 26.1 Å². The number of halogens is 1. The van der Waals surface area contributed by atoms with E-state index in [1.807, 2.05) is 0 Å². The summed E-state index contributed by atoms with van der Waals surface area (Å²) < 4.78 is 0. The number of piperidine rings is 1. The molecular weight excluding hydrogens is 284 g/mol. The summed E-state index contributed by atoms with van der Waals surface area (Å²) in [4.78, 5) is 14.8.